The Hall–Kier alpha value is -1.92. The van der Waals surface area contributed by atoms with E-state index in [4.69, 9.17) is 0 Å². The first-order chi connectivity index (χ1) is 11.9. The van der Waals surface area contributed by atoms with Crippen LogP contribution in [0, 0.1) is 5.92 Å². The topological polar surface area (TPSA) is 60.9 Å². The van der Waals surface area contributed by atoms with Crippen molar-refractivity contribution in [1.82, 2.24) is 14.7 Å². The summed E-state index contributed by atoms with van der Waals surface area (Å²) in [6, 6.07) is 6.07. The van der Waals surface area contributed by atoms with Crippen LogP contribution in [0.3, 0.4) is 0 Å². The Morgan fingerprint density at radius 2 is 1.50 bits per heavy atom. The molecule has 1 unspecified atom stereocenters. The maximum absolute atomic E-state index is 13.1. The van der Waals surface area contributed by atoms with Gasteiger partial charge >= 0.3 is 0 Å². The SMILES string of the molecule is CC(C)CC(C(=O)N1CCN(C)CC1)N1C(=O)c2ccccc2C1=O.[Cl-]. The van der Waals surface area contributed by atoms with E-state index in [-0.39, 0.29) is 36.0 Å². The monoisotopic (exact) mass is 378 g/mol. The molecule has 0 saturated carbocycles. The van der Waals surface area contributed by atoms with Gasteiger partial charge in [-0.2, -0.15) is 0 Å². The summed E-state index contributed by atoms with van der Waals surface area (Å²) < 4.78 is 0. The third-order valence-electron chi connectivity index (χ3n) is 4.93. The summed E-state index contributed by atoms with van der Waals surface area (Å²) in [5.41, 5.74) is 0.792. The summed E-state index contributed by atoms with van der Waals surface area (Å²) in [4.78, 5) is 43.9. The zero-order chi connectivity index (χ0) is 18.1. The molecule has 1 aromatic carbocycles. The molecule has 2 aliphatic heterocycles. The van der Waals surface area contributed by atoms with E-state index in [1.165, 1.54) is 4.90 Å². The molecular weight excluding hydrogens is 354 g/mol. The largest absolute Gasteiger partial charge is 1.00 e. The highest BCUT2D eigenvalue weighted by atomic mass is 35.5. The van der Waals surface area contributed by atoms with E-state index in [0.717, 1.165) is 13.1 Å². The molecule has 2 aliphatic rings. The molecule has 2 heterocycles. The van der Waals surface area contributed by atoms with E-state index in [9.17, 15) is 14.4 Å². The molecule has 6 nitrogen and oxygen atoms in total. The van der Waals surface area contributed by atoms with E-state index in [0.29, 0.717) is 30.6 Å². The van der Waals surface area contributed by atoms with Gasteiger partial charge in [-0.25, -0.2) is 0 Å². The third-order valence-corrected chi connectivity index (χ3v) is 4.93. The van der Waals surface area contributed by atoms with Gasteiger partial charge in [-0.05, 0) is 31.5 Å². The molecule has 26 heavy (non-hydrogen) atoms. The lowest BCUT2D eigenvalue weighted by molar-refractivity contribution is -0.137. The molecule has 142 valence electrons. The Morgan fingerprint density at radius 3 is 1.96 bits per heavy atom. The van der Waals surface area contributed by atoms with Crippen molar-refractivity contribution in [1.29, 1.82) is 0 Å². The van der Waals surface area contributed by atoms with E-state index < -0.39 is 6.04 Å². The number of hydrogen-bond donors (Lipinski definition) is 0. The lowest BCUT2D eigenvalue weighted by atomic mass is 10.0. The van der Waals surface area contributed by atoms with Gasteiger partial charge in [-0.15, -0.1) is 0 Å². The van der Waals surface area contributed by atoms with Crippen LogP contribution in [0.1, 0.15) is 41.0 Å². The van der Waals surface area contributed by atoms with Crippen LogP contribution < -0.4 is 12.4 Å². The van der Waals surface area contributed by atoms with Crippen molar-refractivity contribution in [3.63, 3.8) is 0 Å². The third kappa shape index (κ3) is 3.76. The number of amides is 3. The Bertz CT molecular complexity index is 664. The Labute approximate surface area is 160 Å². The van der Waals surface area contributed by atoms with Crippen molar-refractivity contribution in [3.05, 3.63) is 35.4 Å². The smallest absolute Gasteiger partial charge is 0.262 e. The maximum Gasteiger partial charge on any atom is 0.262 e. The molecule has 0 aliphatic carbocycles. The van der Waals surface area contributed by atoms with Crippen molar-refractivity contribution in [3.8, 4) is 0 Å². The van der Waals surface area contributed by atoms with Gasteiger partial charge in [0.15, 0.2) is 0 Å². The summed E-state index contributed by atoms with van der Waals surface area (Å²) in [7, 11) is 2.03. The van der Waals surface area contributed by atoms with Crippen LogP contribution in [-0.4, -0.2) is 71.7 Å². The first-order valence-corrected chi connectivity index (χ1v) is 8.84. The maximum atomic E-state index is 13.1. The van der Waals surface area contributed by atoms with Gasteiger partial charge < -0.3 is 22.2 Å². The summed E-state index contributed by atoms with van der Waals surface area (Å²) >= 11 is 0. The molecule has 0 spiro atoms. The molecule has 1 aromatic rings. The number of piperazine rings is 1. The molecule has 0 N–H and O–H groups in total. The molecule has 1 atom stereocenters. The number of rotatable bonds is 4. The lowest BCUT2D eigenvalue weighted by Crippen LogP contribution is -3.00. The van der Waals surface area contributed by atoms with E-state index in [2.05, 4.69) is 4.90 Å². The minimum Gasteiger partial charge on any atom is -1.00 e. The van der Waals surface area contributed by atoms with Gasteiger partial charge in [0, 0.05) is 26.2 Å². The zero-order valence-corrected chi connectivity index (χ0v) is 16.2. The van der Waals surface area contributed by atoms with Crippen LogP contribution in [0.15, 0.2) is 24.3 Å². The van der Waals surface area contributed by atoms with Crippen molar-refractivity contribution in [2.45, 2.75) is 26.3 Å². The number of benzene rings is 1. The zero-order valence-electron chi connectivity index (χ0n) is 15.4. The molecule has 3 amide bonds. The highest BCUT2D eigenvalue weighted by molar-refractivity contribution is 6.22. The molecule has 1 saturated heterocycles. The van der Waals surface area contributed by atoms with Crippen molar-refractivity contribution >= 4 is 17.7 Å². The van der Waals surface area contributed by atoms with E-state index >= 15 is 0 Å². The Balaban J connectivity index is 0.00000243. The van der Waals surface area contributed by atoms with Gasteiger partial charge in [0.25, 0.3) is 11.8 Å². The van der Waals surface area contributed by atoms with Gasteiger partial charge in [-0.3, -0.25) is 19.3 Å². The quantitative estimate of drug-likeness (QED) is 0.597. The second kappa shape index (κ2) is 8.18. The summed E-state index contributed by atoms with van der Waals surface area (Å²) in [6.45, 7) is 6.88. The average molecular weight is 379 g/mol. The fraction of sp³-hybridized carbons (Fsp3) is 0.526. The molecule has 7 heteroatoms. The molecule has 3 rings (SSSR count). The van der Waals surface area contributed by atoms with Gasteiger partial charge in [-0.1, -0.05) is 26.0 Å². The number of halogens is 1. The molecule has 1 fully saturated rings. The summed E-state index contributed by atoms with van der Waals surface area (Å²) in [5.74, 6) is -0.621. The molecular formula is C19H25ClN3O3-. The van der Waals surface area contributed by atoms with Crippen molar-refractivity contribution in [2.75, 3.05) is 33.2 Å². The normalized spacial score (nSPS) is 18.8. The standard InChI is InChI=1S/C19H25N3O3.ClH/c1-13(2)12-16(19(25)21-10-8-20(3)9-11-21)22-17(23)14-6-4-5-7-15(14)18(22)24;/h4-7,13,16H,8-12H2,1-3H3;1H/p-1. The Morgan fingerprint density at radius 1 is 1.00 bits per heavy atom. The predicted molar refractivity (Wildman–Crippen MR) is 94.3 cm³/mol. The first-order valence-electron chi connectivity index (χ1n) is 8.84. The lowest BCUT2D eigenvalue weighted by Gasteiger charge is -2.37. The molecule has 0 aromatic heterocycles. The molecule has 0 bridgehead atoms. The predicted octanol–water partition coefficient (Wildman–Crippen LogP) is -1.52. The highest BCUT2D eigenvalue weighted by Gasteiger charge is 2.44. The second-order valence-corrected chi connectivity index (χ2v) is 7.30. The number of fused-ring (bicyclic) bond motifs is 1. The van der Waals surface area contributed by atoms with Crippen LogP contribution in [0.5, 0.6) is 0 Å². The molecule has 0 radical (unpaired) electrons. The fourth-order valence-corrected chi connectivity index (χ4v) is 3.49. The van der Waals surface area contributed by atoms with E-state index in [1.54, 1.807) is 29.2 Å². The van der Waals surface area contributed by atoms with Gasteiger partial charge in [0.1, 0.15) is 6.04 Å². The second-order valence-electron chi connectivity index (χ2n) is 7.30. The van der Waals surface area contributed by atoms with Crippen LogP contribution in [0.4, 0.5) is 0 Å². The minimum atomic E-state index is -0.726. The van der Waals surface area contributed by atoms with Crippen LogP contribution in [0.2, 0.25) is 0 Å². The Kier molecular flexibility index (Phi) is 6.42. The number of carbonyl (C=O) groups excluding carboxylic acids is 3. The number of imide groups is 1. The highest BCUT2D eigenvalue weighted by Crippen LogP contribution is 2.28. The summed E-state index contributed by atoms with van der Waals surface area (Å²) in [6.07, 6.45) is 0.483. The number of hydrogen-bond acceptors (Lipinski definition) is 4. The number of carbonyl (C=O) groups is 3. The van der Waals surface area contributed by atoms with Crippen LogP contribution in [0.25, 0.3) is 0 Å². The fourth-order valence-electron chi connectivity index (χ4n) is 3.49. The van der Waals surface area contributed by atoms with Crippen molar-refractivity contribution < 1.29 is 26.8 Å². The number of likely N-dealkylation sites (N-methyl/N-ethyl adjacent to an activating group) is 1. The number of nitrogens with zero attached hydrogens (tertiary/aromatic N) is 3. The summed E-state index contributed by atoms with van der Waals surface area (Å²) in [5, 5.41) is 0. The minimum absolute atomic E-state index is 0. The van der Waals surface area contributed by atoms with Crippen LogP contribution in [-0.2, 0) is 4.79 Å². The van der Waals surface area contributed by atoms with E-state index in [1.807, 2.05) is 20.9 Å². The van der Waals surface area contributed by atoms with Gasteiger partial charge in [0.2, 0.25) is 5.91 Å². The average Bonchev–Trinajstić information content (AvgIpc) is 2.84. The van der Waals surface area contributed by atoms with Gasteiger partial charge in [0.05, 0.1) is 11.1 Å². The van der Waals surface area contributed by atoms with Crippen molar-refractivity contribution in [2.24, 2.45) is 5.92 Å². The van der Waals surface area contributed by atoms with Crippen LogP contribution >= 0.6 is 0 Å². The first kappa shape index (κ1) is 20.4.